The molecule has 26 heavy (non-hydrogen) atoms. The first-order valence-electron chi connectivity index (χ1n) is 7.74. The van der Waals surface area contributed by atoms with Gasteiger partial charge < -0.3 is 10.7 Å². The number of benzene rings is 2. The summed E-state index contributed by atoms with van der Waals surface area (Å²) in [6.07, 6.45) is 0. The van der Waals surface area contributed by atoms with Crippen molar-refractivity contribution in [3.05, 3.63) is 71.0 Å². The lowest BCUT2D eigenvalue weighted by Gasteiger charge is -2.11. The van der Waals surface area contributed by atoms with E-state index in [1.54, 1.807) is 24.3 Å². The Hall–Kier alpha value is -3.19. The number of aromatic nitrogens is 3. The van der Waals surface area contributed by atoms with E-state index in [1.807, 2.05) is 6.07 Å². The molecule has 0 aliphatic carbocycles. The van der Waals surface area contributed by atoms with Crippen LogP contribution in [0.25, 0.3) is 33.4 Å². The Labute approximate surface area is 152 Å². The summed E-state index contributed by atoms with van der Waals surface area (Å²) in [6, 6.07) is 13.8. The van der Waals surface area contributed by atoms with Crippen LogP contribution in [0, 0.1) is 16.4 Å². The van der Waals surface area contributed by atoms with Crippen LogP contribution in [-0.2, 0) is 0 Å². The van der Waals surface area contributed by atoms with Gasteiger partial charge >= 0.3 is 0 Å². The maximum Gasteiger partial charge on any atom is 0.200 e. The number of pyridine rings is 1. The van der Waals surface area contributed by atoms with Gasteiger partial charge in [-0.15, -0.1) is 0 Å². The summed E-state index contributed by atoms with van der Waals surface area (Å²) in [5.41, 5.74) is 9.26. The van der Waals surface area contributed by atoms with Crippen molar-refractivity contribution in [1.82, 2.24) is 15.0 Å². The minimum Gasteiger partial charge on any atom is -0.385 e. The van der Waals surface area contributed by atoms with E-state index in [9.17, 15) is 8.78 Å². The largest absolute Gasteiger partial charge is 0.385 e. The zero-order valence-electron chi connectivity index (χ0n) is 13.3. The first-order chi connectivity index (χ1) is 12.5. The van der Waals surface area contributed by atoms with Crippen LogP contribution in [0.1, 0.15) is 0 Å². The predicted molar refractivity (Wildman–Crippen MR) is 99.9 cm³/mol. The molecule has 0 aliphatic rings. The summed E-state index contributed by atoms with van der Waals surface area (Å²) in [5, 5.41) is 0.594. The van der Waals surface area contributed by atoms with Crippen molar-refractivity contribution in [2.24, 2.45) is 0 Å². The number of nitrogen functional groups attached to an aromatic ring is 1. The molecular weight excluding hydrogens is 354 g/mol. The van der Waals surface area contributed by atoms with Crippen LogP contribution in [-0.4, -0.2) is 15.0 Å². The van der Waals surface area contributed by atoms with Crippen LogP contribution < -0.4 is 5.73 Å². The number of aromatic amines is 1. The van der Waals surface area contributed by atoms with Gasteiger partial charge in [0.1, 0.15) is 17.5 Å². The normalized spacial score (nSPS) is 11.0. The monoisotopic (exact) mass is 366 g/mol. The molecule has 3 N–H and O–H groups in total. The van der Waals surface area contributed by atoms with Crippen molar-refractivity contribution < 1.29 is 8.78 Å². The average Bonchev–Trinajstić information content (AvgIpc) is 2.61. The van der Waals surface area contributed by atoms with Gasteiger partial charge in [0, 0.05) is 5.56 Å². The van der Waals surface area contributed by atoms with E-state index in [-0.39, 0.29) is 16.4 Å². The van der Waals surface area contributed by atoms with E-state index in [0.29, 0.717) is 22.5 Å². The first-order valence-corrected chi connectivity index (χ1v) is 8.14. The standard InChI is InChI=1S/C19H12F2N4S/c20-12-5-1-10(2-6-12)14-9-15(11-3-7-13(21)8-4-11)23-18-16(14)17(22)24-19(26)25-18/h1-9H,(H3,22,23,24,25,26). The quantitative estimate of drug-likeness (QED) is 0.496. The minimum absolute atomic E-state index is 0.212. The molecule has 2 aromatic carbocycles. The van der Waals surface area contributed by atoms with Crippen molar-refractivity contribution in [3.8, 4) is 22.4 Å². The highest BCUT2D eigenvalue weighted by Crippen LogP contribution is 2.33. The van der Waals surface area contributed by atoms with Gasteiger partial charge in [-0.05, 0) is 65.8 Å². The second-order valence-corrected chi connectivity index (χ2v) is 6.11. The van der Waals surface area contributed by atoms with E-state index in [4.69, 9.17) is 18.0 Å². The number of H-pyrrole nitrogens is 1. The summed E-state index contributed by atoms with van der Waals surface area (Å²) >= 11 is 5.10. The van der Waals surface area contributed by atoms with Gasteiger partial charge in [0.05, 0.1) is 11.1 Å². The summed E-state index contributed by atoms with van der Waals surface area (Å²) in [4.78, 5) is 11.6. The zero-order chi connectivity index (χ0) is 18.3. The van der Waals surface area contributed by atoms with E-state index < -0.39 is 0 Å². The highest BCUT2D eigenvalue weighted by atomic mass is 32.1. The minimum atomic E-state index is -0.337. The Balaban J connectivity index is 2.05. The van der Waals surface area contributed by atoms with Gasteiger partial charge in [-0.2, -0.15) is 4.98 Å². The number of fused-ring (bicyclic) bond motifs is 1. The lowest BCUT2D eigenvalue weighted by atomic mass is 10.00. The first kappa shape index (κ1) is 16.3. The average molecular weight is 366 g/mol. The van der Waals surface area contributed by atoms with Gasteiger partial charge in [0.2, 0.25) is 0 Å². The van der Waals surface area contributed by atoms with Crippen LogP contribution in [0.2, 0.25) is 0 Å². The number of nitrogens with zero attached hydrogens (tertiary/aromatic N) is 2. The summed E-state index contributed by atoms with van der Waals surface area (Å²) in [5.74, 6) is -0.341. The molecule has 0 aliphatic heterocycles. The summed E-state index contributed by atoms with van der Waals surface area (Å²) in [7, 11) is 0. The second-order valence-electron chi connectivity index (χ2n) is 5.72. The van der Waals surface area contributed by atoms with Crippen LogP contribution in [0.4, 0.5) is 14.6 Å². The highest BCUT2D eigenvalue weighted by molar-refractivity contribution is 7.71. The van der Waals surface area contributed by atoms with E-state index >= 15 is 0 Å². The SMILES string of the molecule is Nc1[nH]c(=S)nc2nc(-c3ccc(F)cc3)cc(-c3ccc(F)cc3)c12. The van der Waals surface area contributed by atoms with Gasteiger partial charge in [-0.25, -0.2) is 13.8 Å². The molecule has 2 aromatic heterocycles. The fourth-order valence-electron chi connectivity index (χ4n) is 2.81. The molecule has 4 rings (SSSR count). The third-order valence-corrected chi connectivity index (χ3v) is 4.21. The third-order valence-electron chi connectivity index (χ3n) is 4.01. The molecular formula is C19H12F2N4S. The number of hydrogen-bond acceptors (Lipinski definition) is 4. The van der Waals surface area contributed by atoms with Gasteiger partial charge in [-0.3, -0.25) is 0 Å². The summed E-state index contributed by atoms with van der Waals surface area (Å²) < 4.78 is 26.8. The van der Waals surface area contributed by atoms with Crippen molar-refractivity contribution in [1.29, 1.82) is 0 Å². The third kappa shape index (κ3) is 2.93. The lowest BCUT2D eigenvalue weighted by molar-refractivity contribution is 0.627. The van der Waals surface area contributed by atoms with Crippen molar-refractivity contribution >= 4 is 29.1 Å². The Morgan fingerprint density at radius 2 is 1.42 bits per heavy atom. The second kappa shape index (κ2) is 6.27. The topological polar surface area (TPSA) is 67.6 Å². The van der Waals surface area contributed by atoms with Crippen molar-refractivity contribution in [2.75, 3.05) is 5.73 Å². The zero-order valence-corrected chi connectivity index (χ0v) is 14.1. The molecule has 2 heterocycles. The number of hydrogen-bond donors (Lipinski definition) is 2. The number of anilines is 1. The number of rotatable bonds is 2. The molecule has 0 saturated heterocycles. The molecule has 4 nitrogen and oxygen atoms in total. The van der Waals surface area contributed by atoms with E-state index in [2.05, 4.69) is 15.0 Å². The fourth-order valence-corrected chi connectivity index (χ4v) is 3.00. The molecule has 0 saturated carbocycles. The van der Waals surface area contributed by atoms with E-state index in [1.165, 1.54) is 24.3 Å². The molecule has 0 unspecified atom stereocenters. The highest BCUT2D eigenvalue weighted by Gasteiger charge is 2.14. The molecule has 0 fully saturated rings. The van der Waals surface area contributed by atoms with Gasteiger partial charge in [0.25, 0.3) is 0 Å². The Bertz CT molecular complexity index is 1170. The molecule has 4 aromatic rings. The smallest absolute Gasteiger partial charge is 0.200 e. The Morgan fingerprint density at radius 3 is 2.04 bits per heavy atom. The van der Waals surface area contributed by atoms with E-state index in [0.717, 1.165) is 16.7 Å². The maximum absolute atomic E-state index is 13.3. The van der Waals surface area contributed by atoms with Crippen molar-refractivity contribution in [3.63, 3.8) is 0 Å². The predicted octanol–water partition coefficient (Wildman–Crippen LogP) is 4.88. The fraction of sp³-hybridized carbons (Fsp3) is 0. The molecule has 0 atom stereocenters. The van der Waals surface area contributed by atoms with Gasteiger partial charge in [-0.1, -0.05) is 12.1 Å². The molecule has 0 radical (unpaired) electrons. The van der Waals surface area contributed by atoms with Crippen LogP contribution in [0.5, 0.6) is 0 Å². The van der Waals surface area contributed by atoms with Crippen LogP contribution in [0.3, 0.4) is 0 Å². The Morgan fingerprint density at radius 1 is 0.846 bits per heavy atom. The van der Waals surface area contributed by atoms with Gasteiger partial charge in [0.15, 0.2) is 10.4 Å². The molecule has 128 valence electrons. The van der Waals surface area contributed by atoms with Crippen LogP contribution >= 0.6 is 12.2 Å². The molecule has 7 heteroatoms. The number of nitrogens with two attached hydrogens (primary N) is 1. The number of nitrogens with one attached hydrogen (secondary N) is 1. The lowest BCUT2D eigenvalue weighted by Crippen LogP contribution is -2.00. The number of halogens is 2. The summed E-state index contributed by atoms with van der Waals surface area (Å²) in [6.45, 7) is 0. The molecule has 0 spiro atoms. The molecule has 0 bridgehead atoms. The molecule has 0 amide bonds. The Kier molecular flexibility index (Phi) is 3.93. The van der Waals surface area contributed by atoms with Crippen molar-refractivity contribution in [2.45, 2.75) is 0 Å². The van der Waals surface area contributed by atoms with Crippen LogP contribution in [0.15, 0.2) is 54.6 Å². The maximum atomic E-state index is 13.3.